The number of carbonyl (C=O) groups is 4. The van der Waals surface area contributed by atoms with E-state index in [1.54, 1.807) is 55.4 Å². The highest BCUT2D eigenvalue weighted by Gasteiger charge is 2.29. The molecule has 8 aromatic carbocycles. The topological polar surface area (TPSA) is 112 Å². The molecule has 438 valence electrons. The van der Waals surface area contributed by atoms with Gasteiger partial charge in [0.1, 0.15) is 43.7 Å². The fraction of sp³-hybridized carbons (Fsp3) is 0.278. The van der Waals surface area contributed by atoms with Gasteiger partial charge in [0, 0.05) is 44.8 Å². The third-order valence-electron chi connectivity index (χ3n) is 13.7. The van der Waals surface area contributed by atoms with Crippen LogP contribution in [0.5, 0.6) is 0 Å². The fourth-order valence-corrected chi connectivity index (χ4v) is 9.64. The second-order valence-electron chi connectivity index (χ2n) is 22.2. The molecule has 0 bridgehead atoms. The van der Waals surface area contributed by atoms with Crippen LogP contribution in [0.2, 0.25) is 0 Å². The molecule has 0 saturated heterocycles. The monoisotopic (exact) mass is 1400 g/mol. The summed E-state index contributed by atoms with van der Waals surface area (Å²) in [6.45, 7) is 16.0. The highest BCUT2D eigenvalue weighted by Crippen LogP contribution is 2.35. The predicted octanol–water partition coefficient (Wildman–Crippen LogP) is 15.0. The van der Waals surface area contributed by atoms with Gasteiger partial charge in [0.15, 0.2) is 0 Å². The van der Waals surface area contributed by atoms with Crippen LogP contribution in [-0.4, -0.2) is 93.8 Å². The molecular formula is C72H64Br4N2O8. The molecule has 0 aromatic heterocycles. The molecule has 0 saturated carbocycles. The van der Waals surface area contributed by atoms with Crippen LogP contribution in [0.25, 0.3) is 43.1 Å². The van der Waals surface area contributed by atoms with Gasteiger partial charge >= 0.3 is 23.9 Å². The second kappa shape index (κ2) is 28.3. The minimum atomic E-state index is -0.816. The van der Waals surface area contributed by atoms with Crippen LogP contribution >= 0.6 is 63.7 Å². The number of halogens is 4. The largest absolute Gasteiger partial charge is 0.463 e. The minimum absolute atomic E-state index is 0.143. The Balaban J connectivity index is 1.06. The SMILES string of the molecule is CC(C)(Br)C(=O)OCCN(CCOC(=O)C(C)(C)Br)c1ccc(C#Cc2c3ccccc3c(C#CC#Cc3c4ccccc4c(C#Cc4ccc(N(CCOC(=O)C(C)(C)Br)CCOC(=O)C(C)(C)Br)cc4)c4ccccc34)c3ccccc23)cc1. The van der Waals surface area contributed by atoms with E-state index in [9.17, 15) is 19.2 Å². The van der Waals surface area contributed by atoms with E-state index >= 15 is 0 Å². The van der Waals surface area contributed by atoms with Crippen molar-refractivity contribution in [3.63, 3.8) is 0 Å². The summed E-state index contributed by atoms with van der Waals surface area (Å²) in [5, 5.41) is 7.73. The molecule has 0 heterocycles. The molecule has 0 aliphatic carbocycles. The molecule has 0 radical (unpaired) electrons. The van der Waals surface area contributed by atoms with Crippen molar-refractivity contribution in [2.45, 2.75) is 72.7 Å². The van der Waals surface area contributed by atoms with E-state index in [1.807, 2.05) is 107 Å². The summed E-state index contributed by atoms with van der Waals surface area (Å²) in [7, 11) is 0. The number of nitrogens with zero attached hydrogens (tertiary/aromatic N) is 2. The Hall–Kier alpha value is -7.56. The number of alkyl halides is 4. The smallest absolute Gasteiger partial charge is 0.322 e. The van der Waals surface area contributed by atoms with Gasteiger partial charge in [0.25, 0.3) is 0 Å². The summed E-state index contributed by atoms with van der Waals surface area (Å²) < 4.78 is 19.0. The molecule has 14 heteroatoms. The zero-order valence-electron chi connectivity index (χ0n) is 49.2. The van der Waals surface area contributed by atoms with Gasteiger partial charge in [0.2, 0.25) is 0 Å². The zero-order valence-corrected chi connectivity index (χ0v) is 55.5. The van der Waals surface area contributed by atoms with E-state index in [4.69, 9.17) is 18.9 Å². The van der Waals surface area contributed by atoms with E-state index < -0.39 is 17.3 Å². The predicted molar refractivity (Wildman–Crippen MR) is 362 cm³/mol. The maximum Gasteiger partial charge on any atom is 0.322 e. The average Bonchev–Trinajstić information content (AvgIpc) is 0.947. The van der Waals surface area contributed by atoms with Crippen molar-refractivity contribution in [2.24, 2.45) is 0 Å². The zero-order chi connectivity index (χ0) is 61.8. The van der Waals surface area contributed by atoms with Gasteiger partial charge in [-0.05, 0) is 159 Å². The molecule has 0 atom stereocenters. The third-order valence-corrected chi connectivity index (χ3v) is 15.0. The molecule has 0 N–H and O–H groups in total. The first-order chi connectivity index (χ1) is 40.9. The van der Waals surface area contributed by atoms with E-state index in [1.165, 1.54) is 0 Å². The number of hydrogen-bond donors (Lipinski definition) is 0. The van der Waals surface area contributed by atoms with Crippen molar-refractivity contribution >= 4 is 142 Å². The Morgan fingerprint density at radius 1 is 0.326 bits per heavy atom. The van der Waals surface area contributed by atoms with Gasteiger partial charge < -0.3 is 28.7 Å². The third kappa shape index (κ3) is 16.7. The van der Waals surface area contributed by atoms with E-state index in [0.29, 0.717) is 26.2 Å². The summed E-state index contributed by atoms with van der Waals surface area (Å²) in [6.07, 6.45) is 0. The van der Waals surface area contributed by atoms with Crippen molar-refractivity contribution in [1.29, 1.82) is 0 Å². The Kier molecular flexibility index (Phi) is 21.2. The summed E-state index contributed by atoms with van der Waals surface area (Å²) in [5.41, 5.74) is 6.81. The van der Waals surface area contributed by atoms with Crippen LogP contribution in [0, 0.1) is 47.4 Å². The van der Waals surface area contributed by atoms with Gasteiger partial charge in [-0.25, -0.2) is 0 Å². The molecule has 0 fully saturated rings. The fourth-order valence-electron chi connectivity index (χ4n) is 9.18. The van der Waals surface area contributed by atoms with E-state index in [2.05, 4.69) is 160 Å². The van der Waals surface area contributed by atoms with Gasteiger partial charge in [-0.2, -0.15) is 0 Å². The molecule has 10 nitrogen and oxygen atoms in total. The molecule has 0 amide bonds. The highest BCUT2D eigenvalue weighted by molar-refractivity contribution is 9.10. The van der Waals surface area contributed by atoms with E-state index in [0.717, 1.165) is 87.8 Å². The first-order valence-electron chi connectivity index (χ1n) is 28.0. The molecule has 0 unspecified atom stereocenters. The van der Waals surface area contributed by atoms with Crippen LogP contribution in [-0.2, 0) is 38.1 Å². The second-order valence-corrected chi connectivity index (χ2v) is 30.1. The number of rotatable bonds is 18. The van der Waals surface area contributed by atoms with Gasteiger partial charge in [-0.3, -0.25) is 19.2 Å². The Morgan fingerprint density at radius 3 is 0.744 bits per heavy atom. The summed E-state index contributed by atoms with van der Waals surface area (Å²) in [6, 6.07) is 48.4. The number of fused-ring (bicyclic) bond motifs is 4. The molecule has 0 spiro atoms. The standard InChI is InChI=1S/C72H64Br4N2O8/c1-69(2,73)65(79)83-45-41-77(42-46-84-66(80)70(3,4)74)51-35-29-49(30-36-51)33-39-63-59-25-15-11-21-55(59)53(56-22-12-16-26-60(56)63)19-9-10-20-54-57-23-13-17-27-61(57)64(62-28-18-14-24-58(54)62)40-34-50-31-37-52(38-32-50)78(43-47-85-67(81)71(5,6)75)44-48-86-68(82)72(7,8)76/h11-18,21-32,35-38H,41-48H2,1-8H3. The molecule has 8 rings (SSSR count). The molecule has 8 aromatic rings. The van der Waals surface area contributed by atoms with Crippen LogP contribution < -0.4 is 9.80 Å². The van der Waals surface area contributed by atoms with Crippen molar-refractivity contribution in [2.75, 3.05) is 62.4 Å². The first kappa shape index (κ1) is 64.4. The van der Waals surface area contributed by atoms with Crippen molar-refractivity contribution in [3.05, 3.63) is 179 Å². The average molecular weight is 1400 g/mol. The normalized spacial score (nSPS) is 11.4. The van der Waals surface area contributed by atoms with Crippen LogP contribution in [0.3, 0.4) is 0 Å². The Labute approximate surface area is 537 Å². The lowest BCUT2D eigenvalue weighted by Gasteiger charge is -2.26. The minimum Gasteiger partial charge on any atom is -0.463 e. The maximum absolute atomic E-state index is 12.5. The van der Waals surface area contributed by atoms with Crippen LogP contribution in [0.15, 0.2) is 146 Å². The first-order valence-corrected chi connectivity index (χ1v) is 31.1. The van der Waals surface area contributed by atoms with Gasteiger partial charge in [0.05, 0.1) is 26.2 Å². The van der Waals surface area contributed by atoms with Gasteiger partial charge in [-0.15, -0.1) is 0 Å². The van der Waals surface area contributed by atoms with Crippen LogP contribution in [0.1, 0.15) is 88.8 Å². The molecule has 86 heavy (non-hydrogen) atoms. The van der Waals surface area contributed by atoms with Gasteiger partial charge in [-0.1, -0.05) is 196 Å². The quantitative estimate of drug-likeness (QED) is 0.0271. The lowest BCUT2D eigenvalue weighted by atomic mass is 9.91. The number of ether oxygens (including phenoxy) is 4. The highest BCUT2D eigenvalue weighted by atomic mass is 79.9. The maximum atomic E-state index is 12.5. The van der Waals surface area contributed by atoms with Crippen molar-refractivity contribution in [1.82, 2.24) is 0 Å². The Morgan fingerprint density at radius 2 is 0.535 bits per heavy atom. The lowest BCUT2D eigenvalue weighted by Crippen LogP contribution is -2.35. The lowest BCUT2D eigenvalue weighted by molar-refractivity contribution is -0.146. The summed E-state index contributed by atoms with van der Waals surface area (Å²) in [5.74, 6) is 25.8. The molecule has 0 aliphatic rings. The van der Waals surface area contributed by atoms with Crippen LogP contribution in [0.4, 0.5) is 11.4 Å². The Bertz CT molecular complexity index is 3680. The van der Waals surface area contributed by atoms with Crippen molar-refractivity contribution < 1.29 is 38.1 Å². The number of benzene rings is 8. The molecular weight excluding hydrogens is 1340 g/mol. The number of hydrogen-bond acceptors (Lipinski definition) is 10. The number of carbonyl (C=O) groups excluding carboxylic acids is 4. The van der Waals surface area contributed by atoms with Crippen molar-refractivity contribution in [3.8, 4) is 47.4 Å². The number of anilines is 2. The summed E-state index contributed by atoms with van der Waals surface area (Å²) >= 11 is 13.5. The molecule has 0 aliphatic heterocycles. The van der Waals surface area contributed by atoms with E-state index in [-0.39, 0.29) is 50.3 Å². The summed E-state index contributed by atoms with van der Waals surface area (Å²) in [4.78, 5) is 54.1. The number of esters is 4.